The fourth-order valence-electron chi connectivity index (χ4n) is 4.87. The van der Waals surface area contributed by atoms with E-state index in [4.69, 9.17) is 4.74 Å². The lowest BCUT2D eigenvalue weighted by atomic mass is 9.97. The summed E-state index contributed by atoms with van der Waals surface area (Å²) in [5, 5.41) is 0. The van der Waals surface area contributed by atoms with Crippen LogP contribution in [0.1, 0.15) is 41.3 Å². The number of piperidine rings is 1. The average molecular weight is 545 g/mol. The van der Waals surface area contributed by atoms with Crippen molar-refractivity contribution >= 4 is 41.3 Å². The molecule has 2 aliphatic heterocycles. The van der Waals surface area contributed by atoms with Crippen molar-refractivity contribution in [3.05, 3.63) is 100 Å². The van der Waals surface area contributed by atoms with Crippen LogP contribution in [0.15, 0.2) is 82.6 Å². The minimum atomic E-state index is -0.347. The third kappa shape index (κ3) is 6.06. The number of hydrogen-bond donors (Lipinski definition) is 0. The Labute approximate surface area is 231 Å². The van der Waals surface area contributed by atoms with Gasteiger partial charge in [-0.2, -0.15) is 0 Å². The predicted octanol–water partition coefficient (Wildman–Crippen LogP) is 5.92. The Morgan fingerprint density at radius 3 is 2.59 bits per heavy atom. The van der Waals surface area contributed by atoms with Gasteiger partial charge in [0.05, 0.1) is 29.7 Å². The van der Waals surface area contributed by atoms with E-state index < -0.39 is 0 Å². The van der Waals surface area contributed by atoms with Gasteiger partial charge in [0, 0.05) is 23.5 Å². The summed E-state index contributed by atoms with van der Waals surface area (Å²) < 4.78 is 18.7. The number of likely N-dealkylation sites (tertiary alicyclic amines) is 1. The van der Waals surface area contributed by atoms with Crippen LogP contribution in [0.25, 0.3) is 6.08 Å². The van der Waals surface area contributed by atoms with Crippen LogP contribution in [0.4, 0.5) is 10.1 Å². The van der Waals surface area contributed by atoms with Crippen molar-refractivity contribution in [3.63, 3.8) is 0 Å². The molecule has 0 aliphatic carbocycles. The van der Waals surface area contributed by atoms with Gasteiger partial charge in [-0.25, -0.2) is 4.39 Å². The van der Waals surface area contributed by atoms with Crippen LogP contribution in [0.2, 0.25) is 0 Å². The molecule has 8 heteroatoms. The lowest BCUT2D eigenvalue weighted by Gasteiger charge is -2.33. The highest BCUT2D eigenvalue weighted by Crippen LogP contribution is 2.43. The number of amides is 2. The molecule has 39 heavy (non-hydrogen) atoms. The minimum absolute atomic E-state index is 0.184. The van der Waals surface area contributed by atoms with E-state index in [0.717, 1.165) is 22.4 Å². The summed E-state index contributed by atoms with van der Waals surface area (Å²) in [6.07, 6.45) is 3.27. The number of carbonyl (C=O) groups is 3. The monoisotopic (exact) mass is 544 g/mol. The molecule has 0 aromatic heterocycles. The van der Waals surface area contributed by atoms with Crippen molar-refractivity contribution in [1.29, 1.82) is 0 Å². The van der Waals surface area contributed by atoms with Gasteiger partial charge in [0.25, 0.3) is 11.8 Å². The second-order valence-corrected chi connectivity index (χ2v) is 10.6. The third-order valence-electron chi connectivity index (χ3n) is 6.85. The first-order chi connectivity index (χ1) is 18.9. The van der Waals surface area contributed by atoms with E-state index >= 15 is 0 Å². The zero-order valence-electron chi connectivity index (χ0n) is 21.6. The standard InChI is InChI=1S/C31H29FN2O4S/c1-2-38-31(37)24-9-6-16-33(20-24)29(35)23-12-15-27-26(18-23)34(19-22-10-13-25(32)14-11-22)30(36)28(39-27)17-21-7-4-3-5-8-21/h3-5,7-8,10-15,17-18,24H,2,6,9,16,19-20H2,1H3/b28-17-/t24-/m0/s1. The fraction of sp³-hybridized carbons (Fsp3) is 0.258. The quantitative estimate of drug-likeness (QED) is 0.285. The largest absolute Gasteiger partial charge is 0.466 e. The SMILES string of the molecule is CCOC(=O)[C@H]1CCCN(C(=O)c2ccc3c(c2)N(Cc2ccc(F)cc2)C(=O)/C(=C/c2ccccc2)S3)C1. The summed E-state index contributed by atoms with van der Waals surface area (Å²) in [5.41, 5.74) is 2.76. The van der Waals surface area contributed by atoms with Crippen molar-refractivity contribution in [3.8, 4) is 0 Å². The van der Waals surface area contributed by atoms with Crippen molar-refractivity contribution in [2.45, 2.75) is 31.2 Å². The fourth-order valence-corrected chi connectivity index (χ4v) is 5.91. The number of rotatable bonds is 6. The summed E-state index contributed by atoms with van der Waals surface area (Å²) in [7, 11) is 0. The molecule has 0 saturated carbocycles. The maximum Gasteiger partial charge on any atom is 0.310 e. The van der Waals surface area contributed by atoms with E-state index in [1.165, 1.54) is 23.9 Å². The molecule has 5 rings (SSSR count). The Balaban J connectivity index is 1.46. The number of esters is 1. The highest BCUT2D eigenvalue weighted by molar-refractivity contribution is 8.04. The lowest BCUT2D eigenvalue weighted by molar-refractivity contribution is -0.149. The van der Waals surface area contributed by atoms with Crippen LogP contribution in [0.3, 0.4) is 0 Å². The molecular weight excluding hydrogens is 515 g/mol. The number of anilines is 1. The number of carbonyl (C=O) groups excluding carboxylic acids is 3. The maximum atomic E-state index is 13.7. The minimum Gasteiger partial charge on any atom is -0.466 e. The molecule has 2 amide bonds. The van der Waals surface area contributed by atoms with Crippen LogP contribution in [0.5, 0.6) is 0 Å². The normalized spacial score (nSPS) is 18.2. The molecule has 6 nitrogen and oxygen atoms in total. The van der Waals surface area contributed by atoms with Gasteiger partial charge in [-0.3, -0.25) is 14.4 Å². The molecule has 0 N–H and O–H groups in total. The first-order valence-corrected chi connectivity index (χ1v) is 13.9. The van der Waals surface area contributed by atoms with Crippen LogP contribution in [-0.4, -0.2) is 42.4 Å². The first kappa shape index (κ1) is 26.7. The topological polar surface area (TPSA) is 66.9 Å². The molecule has 2 heterocycles. The van der Waals surface area contributed by atoms with Gasteiger partial charge in [0.1, 0.15) is 5.82 Å². The predicted molar refractivity (Wildman–Crippen MR) is 150 cm³/mol. The van der Waals surface area contributed by atoms with E-state index in [2.05, 4.69) is 0 Å². The molecule has 0 unspecified atom stereocenters. The van der Waals surface area contributed by atoms with E-state index in [1.807, 2.05) is 42.5 Å². The first-order valence-electron chi connectivity index (χ1n) is 13.0. The smallest absolute Gasteiger partial charge is 0.310 e. The number of halogens is 1. The number of hydrogen-bond acceptors (Lipinski definition) is 5. The summed E-state index contributed by atoms with van der Waals surface area (Å²) >= 11 is 1.37. The molecule has 2 aliphatic rings. The highest BCUT2D eigenvalue weighted by Gasteiger charge is 2.33. The second kappa shape index (κ2) is 11.9. The van der Waals surface area contributed by atoms with Crippen LogP contribution >= 0.6 is 11.8 Å². The third-order valence-corrected chi connectivity index (χ3v) is 7.93. The number of thioether (sulfide) groups is 1. The molecule has 200 valence electrons. The zero-order valence-corrected chi connectivity index (χ0v) is 22.5. The van der Waals surface area contributed by atoms with Crippen molar-refractivity contribution < 1.29 is 23.5 Å². The number of ether oxygens (including phenoxy) is 1. The average Bonchev–Trinajstić information content (AvgIpc) is 2.96. The number of benzene rings is 3. The Hall–Kier alpha value is -3.91. The van der Waals surface area contributed by atoms with E-state index in [1.54, 1.807) is 41.0 Å². The summed E-state index contributed by atoms with van der Waals surface area (Å²) in [5.74, 6) is -1.33. The van der Waals surface area contributed by atoms with E-state index in [9.17, 15) is 18.8 Å². The van der Waals surface area contributed by atoms with E-state index in [0.29, 0.717) is 42.3 Å². The molecule has 3 aromatic carbocycles. The van der Waals surface area contributed by atoms with Gasteiger partial charge in [0.15, 0.2) is 0 Å². The Bertz CT molecular complexity index is 1410. The molecule has 1 saturated heterocycles. The molecule has 0 bridgehead atoms. The van der Waals surface area contributed by atoms with Gasteiger partial charge in [-0.05, 0) is 67.3 Å². The highest BCUT2D eigenvalue weighted by atomic mass is 32.2. The van der Waals surface area contributed by atoms with Gasteiger partial charge in [-0.1, -0.05) is 54.2 Å². The van der Waals surface area contributed by atoms with Crippen molar-refractivity contribution in [2.75, 3.05) is 24.6 Å². The Morgan fingerprint density at radius 2 is 1.85 bits per heavy atom. The number of nitrogens with zero attached hydrogens (tertiary/aromatic N) is 2. The Morgan fingerprint density at radius 1 is 1.08 bits per heavy atom. The molecule has 0 spiro atoms. The Kier molecular flexibility index (Phi) is 8.12. The van der Waals surface area contributed by atoms with Gasteiger partial charge in [0.2, 0.25) is 0 Å². The van der Waals surface area contributed by atoms with Gasteiger partial charge in [-0.15, -0.1) is 0 Å². The summed E-state index contributed by atoms with van der Waals surface area (Å²) in [6.45, 7) is 3.18. The molecule has 1 atom stereocenters. The molecular formula is C31H29FN2O4S. The molecule has 3 aromatic rings. The second-order valence-electron chi connectivity index (χ2n) is 9.56. The van der Waals surface area contributed by atoms with E-state index in [-0.39, 0.29) is 36.1 Å². The number of fused-ring (bicyclic) bond motifs is 1. The van der Waals surface area contributed by atoms with Crippen molar-refractivity contribution in [2.24, 2.45) is 5.92 Å². The van der Waals surface area contributed by atoms with Gasteiger partial charge < -0.3 is 14.5 Å². The molecule has 0 radical (unpaired) electrons. The van der Waals surface area contributed by atoms with Crippen LogP contribution in [0, 0.1) is 11.7 Å². The van der Waals surface area contributed by atoms with Gasteiger partial charge >= 0.3 is 5.97 Å². The zero-order chi connectivity index (χ0) is 27.4. The maximum absolute atomic E-state index is 13.7. The van der Waals surface area contributed by atoms with Crippen molar-refractivity contribution in [1.82, 2.24) is 4.90 Å². The van der Waals surface area contributed by atoms with Crippen LogP contribution < -0.4 is 4.90 Å². The lowest BCUT2D eigenvalue weighted by Crippen LogP contribution is -2.43. The summed E-state index contributed by atoms with van der Waals surface area (Å²) in [4.78, 5) is 44.3. The molecule has 1 fully saturated rings. The summed E-state index contributed by atoms with van der Waals surface area (Å²) in [6, 6.07) is 21.1. The van der Waals surface area contributed by atoms with Crippen LogP contribution in [-0.2, 0) is 20.9 Å².